The molecule has 0 fully saturated rings. The van der Waals surface area contributed by atoms with Gasteiger partial charge in [0.2, 0.25) is 0 Å². The first kappa shape index (κ1) is 17.3. The van der Waals surface area contributed by atoms with Crippen LogP contribution in [-0.4, -0.2) is 45.9 Å². The Morgan fingerprint density at radius 1 is 1.43 bits per heavy atom. The number of imidazole rings is 1. The third-order valence-electron chi connectivity index (χ3n) is 3.56. The zero-order valence-electron chi connectivity index (χ0n) is 12.6. The van der Waals surface area contributed by atoms with E-state index in [-0.39, 0.29) is 19.5 Å². The van der Waals surface area contributed by atoms with Crippen LogP contribution >= 0.6 is 0 Å². The summed E-state index contributed by atoms with van der Waals surface area (Å²) in [6.45, 7) is -0.161. The molecule has 5 N–H and O–H groups in total. The number of carboxylic acids is 1. The Morgan fingerprint density at radius 3 is 2.65 bits per heavy atom. The number of nitrogens with two attached hydrogens (primary N) is 2. The molecule has 0 saturated carbocycles. The van der Waals surface area contributed by atoms with Gasteiger partial charge in [0.25, 0.3) is 10.2 Å². The summed E-state index contributed by atoms with van der Waals surface area (Å²) >= 11 is 0. The number of hydrogen-bond acceptors (Lipinski definition) is 5. The van der Waals surface area contributed by atoms with Gasteiger partial charge in [-0.2, -0.15) is 12.7 Å². The number of rotatable bonds is 7. The highest BCUT2D eigenvalue weighted by atomic mass is 32.2. The molecule has 1 aromatic heterocycles. The van der Waals surface area contributed by atoms with Gasteiger partial charge in [0.1, 0.15) is 11.9 Å². The van der Waals surface area contributed by atoms with Crippen molar-refractivity contribution < 1.29 is 18.3 Å². The van der Waals surface area contributed by atoms with Crippen molar-refractivity contribution in [3.63, 3.8) is 0 Å². The fourth-order valence-corrected chi connectivity index (χ4v) is 2.85. The van der Waals surface area contributed by atoms with E-state index in [2.05, 4.69) is 4.98 Å². The van der Waals surface area contributed by atoms with E-state index < -0.39 is 22.2 Å². The molecule has 0 unspecified atom stereocenters. The molecule has 23 heavy (non-hydrogen) atoms. The third kappa shape index (κ3) is 4.05. The predicted molar refractivity (Wildman–Crippen MR) is 84.5 cm³/mol. The first-order valence-electron chi connectivity index (χ1n) is 6.86. The largest absolute Gasteiger partial charge is 0.480 e. The van der Waals surface area contributed by atoms with Gasteiger partial charge in [0, 0.05) is 13.6 Å². The fourth-order valence-electron chi connectivity index (χ4n) is 2.20. The first-order valence-corrected chi connectivity index (χ1v) is 8.37. The normalized spacial score (nSPS) is 13.6. The molecule has 10 heteroatoms. The van der Waals surface area contributed by atoms with E-state index in [1.54, 1.807) is 11.6 Å². The Kier molecular flexibility index (Phi) is 5.00. The summed E-state index contributed by atoms with van der Waals surface area (Å²) in [4.78, 5) is 15.1. The average Bonchev–Trinajstić information content (AvgIpc) is 2.78. The number of carboxylic acid groups (broad SMARTS) is 1. The second-order valence-corrected chi connectivity index (χ2v) is 6.73. The molecule has 0 saturated heterocycles. The quantitative estimate of drug-likeness (QED) is 0.612. The topological polar surface area (TPSA) is 145 Å². The number of aryl methyl sites for hydroxylation is 1. The van der Waals surface area contributed by atoms with Crippen LogP contribution < -0.4 is 10.9 Å². The lowest BCUT2D eigenvalue weighted by Crippen LogP contribution is -2.41. The Balaban J connectivity index is 2.23. The van der Waals surface area contributed by atoms with Crippen LogP contribution in [0.3, 0.4) is 0 Å². The number of aromatic nitrogens is 2. The summed E-state index contributed by atoms with van der Waals surface area (Å²) in [5, 5.41) is 14.0. The highest BCUT2D eigenvalue weighted by Crippen LogP contribution is 2.16. The summed E-state index contributed by atoms with van der Waals surface area (Å²) in [7, 11) is -2.23. The molecule has 126 valence electrons. The molecule has 0 bridgehead atoms. The maximum Gasteiger partial charge on any atom is 0.320 e. The van der Waals surface area contributed by atoms with E-state index in [0.29, 0.717) is 5.82 Å². The molecule has 1 heterocycles. The second kappa shape index (κ2) is 6.62. The van der Waals surface area contributed by atoms with E-state index in [4.69, 9.17) is 16.0 Å². The molecule has 2 aromatic rings. The van der Waals surface area contributed by atoms with E-state index in [9.17, 15) is 13.2 Å². The molecule has 1 atom stereocenters. The van der Waals surface area contributed by atoms with E-state index in [0.717, 1.165) is 15.3 Å². The van der Waals surface area contributed by atoms with Gasteiger partial charge < -0.3 is 15.4 Å². The summed E-state index contributed by atoms with van der Waals surface area (Å²) in [6, 6.07) is 6.23. The van der Waals surface area contributed by atoms with Crippen LogP contribution in [0.1, 0.15) is 12.2 Å². The van der Waals surface area contributed by atoms with Crippen LogP contribution in [0.15, 0.2) is 24.3 Å². The summed E-state index contributed by atoms with van der Waals surface area (Å²) < 4.78 is 26.2. The van der Waals surface area contributed by atoms with Crippen molar-refractivity contribution in [2.24, 2.45) is 17.9 Å². The number of hydrogen-bond donors (Lipinski definition) is 3. The Labute approximate surface area is 133 Å². The van der Waals surface area contributed by atoms with Crippen molar-refractivity contribution in [2.45, 2.75) is 19.0 Å². The average molecular weight is 341 g/mol. The van der Waals surface area contributed by atoms with Gasteiger partial charge in [-0.1, -0.05) is 12.1 Å². The van der Waals surface area contributed by atoms with Crippen molar-refractivity contribution >= 4 is 27.2 Å². The number of aliphatic carboxylic acids is 1. The Hall–Kier alpha value is -2.01. The van der Waals surface area contributed by atoms with Crippen LogP contribution in [0.25, 0.3) is 11.0 Å². The smallest absolute Gasteiger partial charge is 0.320 e. The van der Waals surface area contributed by atoms with Crippen molar-refractivity contribution in [3.8, 4) is 0 Å². The van der Waals surface area contributed by atoms with E-state index in [1.807, 2.05) is 24.3 Å². The van der Waals surface area contributed by atoms with Gasteiger partial charge in [0.15, 0.2) is 0 Å². The van der Waals surface area contributed by atoms with Gasteiger partial charge in [0.05, 0.1) is 17.6 Å². The molecule has 1 aromatic carbocycles. The van der Waals surface area contributed by atoms with Gasteiger partial charge >= 0.3 is 5.97 Å². The molecular formula is C13H19N5O4S. The van der Waals surface area contributed by atoms with Crippen LogP contribution in [0, 0.1) is 0 Å². The minimum Gasteiger partial charge on any atom is -0.480 e. The number of fused-ring (bicyclic) bond motifs is 1. The maximum absolute atomic E-state index is 11.7. The molecule has 0 radical (unpaired) electrons. The summed E-state index contributed by atoms with van der Waals surface area (Å²) in [5.41, 5.74) is 7.01. The minimum atomic E-state index is -4.01. The molecule has 0 spiro atoms. The Morgan fingerprint density at radius 2 is 2.09 bits per heavy atom. The van der Waals surface area contributed by atoms with Crippen LogP contribution in [0.5, 0.6) is 0 Å². The van der Waals surface area contributed by atoms with Crippen LogP contribution in [0.4, 0.5) is 0 Å². The molecule has 9 nitrogen and oxygen atoms in total. The van der Waals surface area contributed by atoms with Crippen molar-refractivity contribution in [2.75, 3.05) is 6.54 Å². The molecule has 0 aliphatic carbocycles. The lowest BCUT2D eigenvalue weighted by atomic mass is 10.2. The highest BCUT2D eigenvalue weighted by molar-refractivity contribution is 7.86. The first-order chi connectivity index (χ1) is 10.7. The molecule has 2 rings (SSSR count). The summed E-state index contributed by atoms with van der Waals surface area (Å²) in [5.74, 6) is -0.689. The fraction of sp³-hybridized carbons (Fsp3) is 0.385. The van der Waals surface area contributed by atoms with Gasteiger partial charge in [-0.25, -0.2) is 10.1 Å². The summed E-state index contributed by atoms with van der Waals surface area (Å²) in [6.07, 6.45) is -0.0459. The van der Waals surface area contributed by atoms with Gasteiger partial charge in [-0.15, -0.1) is 0 Å². The molecular weight excluding hydrogens is 322 g/mol. The molecule has 0 amide bonds. The number of nitrogens with zero attached hydrogens (tertiary/aromatic N) is 3. The number of benzene rings is 1. The zero-order chi connectivity index (χ0) is 17.2. The molecule has 0 aliphatic heterocycles. The highest BCUT2D eigenvalue weighted by Gasteiger charge is 2.23. The van der Waals surface area contributed by atoms with Crippen molar-refractivity contribution in [3.05, 3.63) is 30.1 Å². The van der Waals surface area contributed by atoms with Crippen LogP contribution in [0.2, 0.25) is 0 Å². The maximum atomic E-state index is 11.7. The van der Waals surface area contributed by atoms with Gasteiger partial charge in [-0.05, 0) is 18.6 Å². The third-order valence-corrected chi connectivity index (χ3v) is 4.60. The van der Waals surface area contributed by atoms with Gasteiger partial charge in [-0.3, -0.25) is 4.79 Å². The standard InChI is InChI=1S/C13H19N5O4S/c1-17-11-5-3-2-4-10(11)16-12(17)8-18(23(15,21)22)7-6-9(14)13(19)20/h2-5,9H,6-8,14H2,1H3,(H,19,20)(H2,15,21,22)/t9-/m0/s1. The van der Waals surface area contributed by atoms with Crippen LogP contribution in [-0.2, 0) is 28.6 Å². The SMILES string of the molecule is Cn1c(CN(CC[C@H](N)C(=O)O)S(N)(=O)=O)nc2ccccc21. The van der Waals surface area contributed by atoms with E-state index in [1.165, 1.54) is 0 Å². The van der Waals surface area contributed by atoms with E-state index >= 15 is 0 Å². The predicted octanol–water partition coefficient (Wildman–Crippen LogP) is -0.619. The second-order valence-electron chi connectivity index (χ2n) is 5.19. The Bertz CT molecular complexity index is 817. The lowest BCUT2D eigenvalue weighted by Gasteiger charge is -2.20. The monoisotopic (exact) mass is 341 g/mol. The van der Waals surface area contributed by atoms with Crippen molar-refractivity contribution in [1.29, 1.82) is 0 Å². The van der Waals surface area contributed by atoms with Crippen molar-refractivity contribution in [1.82, 2.24) is 13.9 Å². The lowest BCUT2D eigenvalue weighted by molar-refractivity contribution is -0.138. The zero-order valence-corrected chi connectivity index (χ0v) is 13.4. The minimum absolute atomic E-state index is 0.0459. The number of para-hydroxylation sites is 2. The molecule has 0 aliphatic rings. The number of carbonyl (C=O) groups is 1.